The molecular formula is C15H22N4O2. The molecule has 0 aliphatic carbocycles. The van der Waals surface area contributed by atoms with Gasteiger partial charge in [-0.25, -0.2) is 0 Å². The van der Waals surface area contributed by atoms with E-state index in [4.69, 9.17) is 5.73 Å². The Labute approximate surface area is 124 Å². The van der Waals surface area contributed by atoms with Gasteiger partial charge in [-0.1, -0.05) is 0 Å². The molecule has 1 aliphatic rings. The van der Waals surface area contributed by atoms with E-state index in [0.29, 0.717) is 16.9 Å². The minimum absolute atomic E-state index is 0.0854. The van der Waals surface area contributed by atoms with E-state index in [2.05, 4.69) is 10.6 Å². The molecule has 1 aromatic rings. The minimum atomic E-state index is -0.337. The van der Waals surface area contributed by atoms with Crippen LogP contribution in [0.3, 0.4) is 0 Å². The van der Waals surface area contributed by atoms with Gasteiger partial charge in [0, 0.05) is 25.7 Å². The van der Waals surface area contributed by atoms with Crippen LogP contribution in [0, 0.1) is 0 Å². The number of carbonyl (C=O) groups is 2. The van der Waals surface area contributed by atoms with Gasteiger partial charge >= 0.3 is 0 Å². The quantitative estimate of drug-likeness (QED) is 0.723. The van der Waals surface area contributed by atoms with E-state index in [-0.39, 0.29) is 17.9 Å². The third kappa shape index (κ3) is 3.45. The van der Waals surface area contributed by atoms with E-state index >= 15 is 0 Å². The van der Waals surface area contributed by atoms with Crippen LogP contribution in [-0.2, 0) is 4.79 Å². The first-order valence-corrected chi connectivity index (χ1v) is 7.20. The van der Waals surface area contributed by atoms with Crippen LogP contribution in [0.5, 0.6) is 0 Å². The number of hydrogen-bond donors (Lipinski definition) is 3. The van der Waals surface area contributed by atoms with Crippen LogP contribution >= 0.6 is 0 Å². The van der Waals surface area contributed by atoms with E-state index < -0.39 is 0 Å². The Morgan fingerprint density at radius 1 is 1.29 bits per heavy atom. The Bertz CT molecular complexity index is 538. The number of anilines is 2. The van der Waals surface area contributed by atoms with Crippen LogP contribution < -0.4 is 16.4 Å². The number of nitrogens with one attached hydrogen (secondary N) is 2. The highest BCUT2D eigenvalue weighted by molar-refractivity contribution is 5.96. The molecule has 1 unspecified atom stereocenters. The van der Waals surface area contributed by atoms with E-state index in [9.17, 15) is 9.59 Å². The second kappa shape index (κ2) is 6.47. The number of rotatable bonds is 4. The molecule has 0 spiro atoms. The van der Waals surface area contributed by atoms with E-state index in [1.54, 1.807) is 25.2 Å². The summed E-state index contributed by atoms with van der Waals surface area (Å²) in [6.45, 7) is 3.48. The zero-order valence-corrected chi connectivity index (χ0v) is 12.5. The lowest BCUT2D eigenvalue weighted by Gasteiger charge is -2.22. The number of carbonyl (C=O) groups excluding carboxylic acids is 2. The van der Waals surface area contributed by atoms with Crippen molar-refractivity contribution in [3.8, 4) is 0 Å². The van der Waals surface area contributed by atoms with Gasteiger partial charge in [0.2, 0.25) is 5.91 Å². The van der Waals surface area contributed by atoms with Gasteiger partial charge in [-0.2, -0.15) is 0 Å². The topological polar surface area (TPSA) is 87.5 Å². The zero-order valence-electron chi connectivity index (χ0n) is 12.5. The molecule has 1 heterocycles. The lowest BCUT2D eigenvalue weighted by Crippen LogP contribution is -2.39. The highest BCUT2D eigenvalue weighted by Crippen LogP contribution is 2.21. The van der Waals surface area contributed by atoms with Crippen molar-refractivity contribution in [2.45, 2.75) is 25.8 Å². The summed E-state index contributed by atoms with van der Waals surface area (Å²) in [5.41, 5.74) is 7.57. The van der Waals surface area contributed by atoms with Crippen molar-refractivity contribution in [3.63, 3.8) is 0 Å². The Morgan fingerprint density at radius 2 is 1.95 bits per heavy atom. The van der Waals surface area contributed by atoms with Crippen LogP contribution in [0.2, 0.25) is 0 Å². The number of amides is 2. The lowest BCUT2D eigenvalue weighted by molar-refractivity contribution is -0.130. The van der Waals surface area contributed by atoms with Gasteiger partial charge in [-0.3, -0.25) is 9.59 Å². The van der Waals surface area contributed by atoms with Gasteiger partial charge in [-0.15, -0.1) is 0 Å². The average molecular weight is 290 g/mol. The van der Waals surface area contributed by atoms with E-state index in [1.807, 2.05) is 11.8 Å². The smallest absolute Gasteiger partial charge is 0.251 e. The molecule has 1 aromatic carbocycles. The monoisotopic (exact) mass is 290 g/mol. The van der Waals surface area contributed by atoms with Gasteiger partial charge in [-0.05, 0) is 38.0 Å². The second-order valence-corrected chi connectivity index (χ2v) is 5.28. The Kier molecular flexibility index (Phi) is 4.67. The summed E-state index contributed by atoms with van der Waals surface area (Å²) >= 11 is 0. The van der Waals surface area contributed by atoms with Crippen LogP contribution in [0.15, 0.2) is 18.2 Å². The van der Waals surface area contributed by atoms with Crippen molar-refractivity contribution in [2.24, 2.45) is 0 Å². The maximum Gasteiger partial charge on any atom is 0.251 e. The van der Waals surface area contributed by atoms with Crippen molar-refractivity contribution in [3.05, 3.63) is 23.8 Å². The largest absolute Gasteiger partial charge is 0.397 e. The molecule has 2 rings (SSSR count). The Morgan fingerprint density at radius 3 is 2.52 bits per heavy atom. The summed E-state index contributed by atoms with van der Waals surface area (Å²) in [5.74, 6) is -0.100. The number of nitrogens with zero attached hydrogens (tertiary/aromatic N) is 1. The average Bonchev–Trinajstić information content (AvgIpc) is 3.01. The summed E-state index contributed by atoms with van der Waals surface area (Å²) in [5, 5.41) is 5.67. The highest BCUT2D eigenvalue weighted by atomic mass is 16.2. The number of benzene rings is 1. The molecule has 0 aromatic heterocycles. The molecule has 6 nitrogen and oxygen atoms in total. The fourth-order valence-electron chi connectivity index (χ4n) is 2.49. The first-order chi connectivity index (χ1) is 10.0. The van der Waals surface area contributed by atoms with E-state index in [0.717, 1.165) is 25.9 Å². The number of likely N-dealkylation sites (tertiary alicyclic amines) is 1. The number of nitrogens with two attached hydrogens (primary N) is 1. The number of nitrogen functional groups attached to an aromatic ring is 1. The maximum atomic E-state index is 12.2. The molecule has 1 aliphatic heterocycles. The second-order valence-electron chi connectivity index (χ2n) is 5.28. The molecule has 4 N–H and O–H groups in total. The molecule has 114 valence electrons. The minimum Gasteiger partial charge on any atom is -0.397 e. The summed E-state index contributed by atoms with van der Waals surface area (Å²) in [6, 6.07) is 4.68. The molecule has 2 amide bonds. The molecular weight excluding hydrogens is 268 g/mol. The van der Waals surface area contributed by atoms with Crippen molar-refractivity contribution >= 4 is 23.2 Å². The Hall–Kier alpha value is -2.24. The standard InChI is InChI=1S/C15H22N4O2/c1-10(15(21)19-7-3-4-8-19)18-13-6-5-11(9-12(13)16)14(20)17-2/h5-6,9-10,18H,3-4,7-8,16H2,1-2H3,(H,17,20). The van der Waals surface area contributed by atoms with Crippen molar-refractivity contribution < 1.29 is 9.59 Å². The molecule has 21 heavy (non-hydrogen) atoms. The summed E-state index contributed by atoms with van der Waals surface area (Å²) in [6.07, 6.45) is 2.14. The third-order valence-corrected chi connectivity index (χ3v) is 3.70. The van der Waals surface area contributed by atoms with Crippen molar-refractivity contribution in [1.82, 2.24) is 10.2 Å². The van der Waals surface area contributed by atoms with Crippen LogP contribution in [0.1, 0.15) is 30.1 Å². The van der Waals surface area contributed by atoms with E-state index in [1.165, 1.54) is 0 Å². The highest BCUT2D eigenvalue weighted by Gasteiger charge is 2.23. The van der Waals surface area contributed by atoms with Crippen molar-refractivity contribution in [2.75, 3.05) is 31.2 Å². The summed E-state index contributed by atoms with van der Waals surface area (Å²) in [7, 11) is 1.57. The van der Waals surface area contributed by atoms with Gasteiger partial charge in [0.1, 0.15) is 6.04 Å². The SMILES string of the molecule is CNC(=O)c1ccc(NC(C)C(=O)N2CCCC2)c(N)c1. The first-order valence-electron chi connectivity index (χ1n) is 7.20. The molecule has 0 saturated carbocycles. The molecule has 1 saturated heterocycles. The third-order valence-electron chi connectivity index (χ3n) is 3.70. The number of hydrogen-bond acceptors (Lipinski definition) is 4. The normalized spacial score (nSPS) is 15.6. The predicted molar refractivity (Wildman–Crippen MR) is 83.1 cm³/mol. The summed E-state index contributed by atoms with van der Waals surface area (Å²) in [4.78, 5) is 25.6. The lowest BCUT2D eigenvalue weighted by atomic mass is 10.1. The molecule has 1 fully saturated rings. The fourth-order valence-corrected chi connectivity index (χ4v) is 2.49. The summed E-state index contributed by atoms with van der Waals surface area (Å²) < 4.78 is 0. The van der Waals surface area contributed by atoms with Gasteiger partial charge in [0.25, 0.3) is 5.91 Å². The van der Waals surface area contributed by atoms with Crippen molar-refractivity contribution in [1.29, 1.82) is 0 Å². The van der Waals surface area contributed by atoms with Gasteiger partial charge < -0.3 is 21.3 Å². The predicted octanol–water partition coefficient (Wildman–Crippen LogP) is 1.05. The Balaban J connectivity index is 2.05. The van der Waals surface area contributed by atoms with Gasteiger partial charge in [0.05, 0.1) is 11.4 Å². The zero-order chi connectivity index (χ0) is 15.4. The van der Waals surface area contributed by atoms with Crippen LogP contribution in [0.25, 0.3) is 0 Å². The van der Waals surface area contributed by atoms with Crippen LogP contribution in [0.4, 0.5) is 11.4 Å². The van der Waals surface area contributed by atoms with Gasteiger partial charge in [0.15, 0.2) is 0 Å². The molecule has 1 atom stereocenters. The van der Waals surface area contributed by atoms with Crippen LogP contribution in [-0.4, -0.2) is 42.9 Å². The fraction of sp³-hybridized carbons (Fsp3) is 0.467. The first kappa shape index (κ1) is 15.2. The molecule has 0 bridgehead atoms. The molecule has 0 radical (unpaired) electrons. The molecule has 6 heteroatoms. The maximum absolute atomic E-state index is 12.2.